The van der Waals surface area contributed by atoms with Crippen LogP contribution >= 0.6 is 0 Å². The molecule has 7 heteroatoms. The second-order valence-corrected chi connectivity index (χ2v) is 6.45. The number of nitrogens with one attached hydrogen (secondary N) is 1. The molecule has 3 rings (SSSR count). The van der Waals surface area contributed by atoms with Gasteiger partial charge in [-0.05, 0) is 31.6 Å². The Morgan fingerprint density at radius 2 is 2.22 bits per heavy atom. The Bertz CT molecular complexity index is 535. The van der Waals surface area contributed by atoms with Crippen LogP contribution in [0.4, 0.5) is 0 Å². The summed E-state index contributed by atoms with van der Waals surface area (Å²) in [6, 6.07) is 0. The average Bonchev–Trinajstić information content (AvgIpc) is 3.19. The minimum Gasteiger partial charge on any atom is -0.381 e. The van der Waals surface area contributed by atoms with Crippen LogP contribution in [0.2, 0.25) is 0 Å². The van der Waals surface area contributed by atoms with E-state index in [0.717, 1.165) is 56.3 Å². The first-order valence-corrected chi connectivity index (χ1v) is 8.68. The summed E-state index contributed by atoms with van der Waals surface area (Å²) in [4.78, 5) is 6.60. The predicted octanol–water partition coefficient (Wildman–Crippen LogP) is 1.05. The Balaban J connectivity index is 1.46. The molecule has 1 aromatic heterocycles. The molecule has 0 atom stereocenters. The number of aromatic nitrogens is 3. The second kappa shape index (κ2) is 7.77. The third-order valence-electron chi connectivity index (χ3n) is 4.88. The maximum Gasteiger partial charge on any atom is 0.193 e. The maximum absolute atomic E-state index is 5.43. The van der Waals surface area contributed by atoms with Gasteiger partial charge >= 0.3 is 0 Å². The first-order chi connectivity index (χ1) is 11.3. The number of nitrogens with zero attached hydrogens (tertiary/aromatic N) is 5. The quantitative estimate of drug-likeness (QED) is 0.649. The van der Waals surface area contributed by atoms with Gasteiger partial charge in [0, 0.05) is 46.8 Å². The minimum atomic E-state index is 0.682. The molecule has 1 saturated heterocycles. The highest BCUT2D eigenvalue weighted by Gasteiger charge is 2.18. The normalized spacial score (nSPS) is 19.0. The standard InChI is InChI=1S/C16H28N6O/c1-17-16(21(2)9-5-13-6-10-23-11-7-13)18-12-15-20-19-14-4-3-8-22(14)15/h13H,3-12H2,1-2H3,(H,17,18). The molecule has 0 aliphatic carbocycles. The van der Waals surface area contributed by atoms with Crippen LogP contribution in [-0.2, 0) is 24.2 Å². The van der Waals surface area contributed by atoms with Gasteiger partial charge in [0.2, 0.25) is 0 Å². The van der Waals surface area contributed by atoms with Crippen LogP contribution in [0, 0.1) is 5.92 Å². The van der Waals surface area contributed by atoms with Crippen LogP contribution in [0.25, 0.3) is 0 Å². The van der Waals surface area contributed by atoms with E-state index in [9.17, 15) is 0 Å². The Morgan fingerprint density at radius 1 is 1.39 bits per heavy atom. The van der Waals surface area contributed by atoms with Crippen molar-refractivity contribution >= 4 is 5.96 Å². The fourth-order valence-corrected chi connectivity index (χ4v) is 3.40. The summed E-state index contributed by atoms with van der Waals surface area (Å²) >= 11 is 0. The molecule has 0 aromatic carbocycles. The number of fused-ring (bicyclic) bond motifs is 1. The second-order valence-electron chi connectivity index (χ2n) is 6.45. The number of ether oxygens (including phenoxy) is 1. The molecule has 1 N–H and O–H groups in total. The van der Waals surface area contributed by atoms with Gasteiger partial charge in [-0.1, -0.05) is 0 Å². The Kier molecular flexibility index (Phi) is 5.48. The summed E-state index contributed by atoms with van der Waals surface area (Å²) in [6.45, 7) is 4.57. The molecule has 0 spiro atoms. The zero-order valence-electron chi connectivity index (χ0n) is 14.3. The number of rotatable bonds is 5. The summed E-state index contributed by atoms with van der Waals surface area (Å²) < 4.78 is 7.65. The molecular formula is C16H28N6O. The summed E-state index contributed by atoms with van der Waals surface area (Å²) in [5, 5.41) is 12.0. The Morgan fingerprint density at radius 3 is 3.00 bits per heavy atom. The molecule has 2 aliphatic rings. The zero-order valence-corrected chi connectivity index (χ0v) is 14.3. The van der Waals surface area contributed by atoms with Crippen molar-refractivity contribution < 1.29 is 4.74 Å². The largest absolute Gasteiger partial charge is 0.381 e. The maximum atomic E-state index is 5.43. The van der Waals surface area contributed by atoms with E-state index < -0.39 is 0 Å². The van der Waals surface area contributed by atoms with Gasteiger partial charge in [-0.25, -0.2) is 0 Å². The molecule has 0 saturated carbocycles. The highest BCUT2D eigenvalue weighted by atomic mass is 16.5. The van der Waals surface area contributed by atoms with Crippen molar-refractivity contribution in [3.05, 3.63) is 11.6 Å². The topological polar surface area (TPSA) is 67.6 Å². The fourth-order valence-electron chi connectivity index (χ4n) is 3.40. The summed E-state index contributed by atoms with van der Waals surface area (Å²) in [5.41, 5.74) is 0. The van der Waals surface area contributed by atoms with Gasteiger partial charge in [0.15, 0.2) is 11.8 Å². The van der Waals surface area contributed by atoms with Crippen molar-refractivity contribution in [1.82, 2.24) is 25.0 Å². The number of aryl methyl sites for hydroxylation is 1. The molecule has 23 heavy (non-hydrogen) atoms. The van der Waals surface area contributed by atoms with Crippen molar-refractivity contribution in [2.24, 2.45) is 10.9 Å². The molecule has 2 aliphatic heterocycles. The van der Waals surface area contributed by atoms with Crippen molar-refractivity contribution in [1.29, 1.82) is 0 Å². The number of guanidine groups is 1. The zero-order chi connectivity index (χ0) is 16.1. The molecule has 128 valence electrons. The predicted molar refractivity (Wildman–Crippen MR) is 89.3 cm³/mol. The van der Waals surface area contributed by atoms with E-state index in [0.29, 0.717) is 6.54 Å². The smallest absolute Gasteiger partial charge is 0.193 e. The molecule has 3 heterocycles. The molecule has 1 fully saturated rings. The van der Waals surface area contributed by atoms with Crippen LogP contribution in [0.5, 0.6) is 0 Å². The van der Waals surface area contributed by atoms with E-state index in [1.54, 1.807) is 0 Å². The highest BCUT2D eigenvalue weighted by molar-refractivity contribution is 5.79. The van der Waals surface area contributed by atoms with Crippen LogP contribution in [0.1, 0.15) is 37.3 Å². The first kappa shape index (κ1) is 16.2. The van der Waals surface area contributed by atoms with Gasteiger partial charge in [-0.15, -0.1) is 10.2 Å². The summed E-state index contributed by atoms with van der Waals surface area (Å²) in [7, 11) is 3.93. The van der Waals surface area contributed by atoms with Crippen molar-refractivity contribution in [2.75, 3.05) is 33.9 Å². The highest BCUT2D eigenvalue weighted by Crippen LogP contribution is 2.18. The van der Waals surface area contributed by atoms with E-state index >= 15 is 0 Å². The van der Waals surface area contributed by atoms with Gasteiger partial charge in [0.25, 0.3) is 0 Å². The van der Waals surface area contributed by atoms with Gasteiger partial charge in [-0.3, -0.25) is 4.99 Å². The van der Waals surface area contributed by atoms with E-state index in [-0.39, 0.29) is 0 Å². The van der Waals surface area contributed by atoms with Crippen LogP contribution in [0.3, 0.4) is 0 Å². The average molecular weight is 320 g/mol. The SMILES string of the molecule is CN=C(NCc1nnc2n1CCC2)N(C)CCC1CCOCC1. The van der Waals surface area contributed by atoms with E-state index in [1.807, 2.05) is 7.05 Å². The monoisotopic (exact) mass is 320 g/mol. The van der Waals surface area contributed by atoms with Gasteiger partial charge < -0.3 is 19.5 Å². The lowest BCUT2D eigenvalue weighted by Gasteiger charge is -2.26. The Hall–Kier alpha value is -1.63. The molecule has 7 nitrogen and oxygen atoms in total. The lowest BCUT2D eigenvalue weighted by Crippen LogP contribution is -2.40. The number of aliphatic imine (C=N–C) groups is 1. The van der Waals surface area contributed by atoms with E-state index in [2.05, 4.69) is 37.0 Å². The lowest BCUT2D eigenvalue weighted by atomic mass is 9.96. The molecule has 0 unspecified atom stereocenters. The summed E-state index contributed by atoms with van der Waals surface area (Å²) in [5.74, 6) is 3.83. The van der Waals surface area contributed by atoms with Gasteiger partial charge in [0.1, 0.15) is 5.82 Å². The van der Waals surface area contributed by atoms with Crippen molar-refractivity contribution in [3.8, 4) is 0 Å². The van der Waals surface area contributed by atoms with Gasteiger partial charge in [-0.2, -0.15) is 0 Å². The molecular weight excluding hydrogens is 292 g/mol. The lowest BCUT2D eigenvalue weighted by molar-refractivity contribution is 0.0625. The van der Waals surface area contributed by atoms with E-state index in [1.165, 1.54) is 25.7 Å². The minimum absolute atomic E-state index is 0.682. The molecule has 1 aromatic rings. The van der Waals surface area contributed by atoms with Crippen LogP contribution in [-0.4, -0.2) is 59.5 Å². The molecule has 0 amide bonds. The molecule has 0 bridgehead atoms. The van der Waals surface area contributed by atoms with Crippen LogP contribution in [0.15, 0.2) is 4.99 Å². The van der Waals surface area contributed by atoms with E-state index in [4.69, 9.17) is 4.74 Å². The third kappa shape index (κ3) is 4.02. The van der Waals surface area contributed by atoms with Crippen LogP contribution < -0.4 is 5.32 Å². The van der Waals surface area contributed by atoms with Gasteiger partial charge in [0.05, 0.1) is 6.54 Å². The number of hydrogen-bond acceptors (Lipinski definition) is 4. The van der Waals surface area contributed by atoms with Crippen molar-refractivity contribution in [3.63, 3.8) is 0 Å². The summed E-state index contributed by atoms with van der Waals surface area (Å²) in [6.07, 6.45) is 5.79. The van der Waals surface area contributed by atoms with Crippen molar-refractivity contribution in [2.45, 2.75) is 45.2 Å². The third-order valence-corrected chi connectivity index (χ3v) is 4.88. The fraction of sp³-hybridized carbons (Fsp3) is 0.812. The first-order valence-electron chi connectivity index (χ1n) is 8.68. The molecule has 0 radical (unpaired) electrons. The Labute approximate surface area is 138 Å². The number of hydrogen-bond donors (Lipinski definition) is 1.